The van der Waals surface area contributed by atoms with E-state index in [4.69, 9.17) is 18.6 Å². The molecule has 0 aromatic rings. The fourth-order valence-electron chi connectivity index (χ4n) is 0.716. The van der Waals surface area contributed by atoms with E-state index < -0.39 is 8.32 Å². The van der Waals surface area contributed by atoms with Crippen LogP contribution in [0.1, 0.15) is 13.3 Å². The van der Waals surface area contributed by atoms with Gasteiger partial charge in [-0.2, -0.15) is 0 Å². The minimum Gasteiger partial charge on any atom is -0.395 e. The number of hydrogen-bond donors (Lipinski definition) is 0. The van der Waals surface area contributed by atoms with E-state index in [1.165, 1.54) is 0 Å². The van der Waals surface area contributed by atoms with Crippen LogP contribution in [-0.2, 0) is 18.6 Å². The summed E-state index contributed by atoms with van der Waals surface area (Å²) in [7, 11) is -1.43. The fraction of sp³-hybridized carbons (Fsp3) is 1.00. The molecule has 0 aliphatic carbocycles. The summed E-state index contributed by atoms with van der Waals surface area (Å²) in [5.41, 5.74) is 0. The van der Waals surface area contributed by atoms with Crippen molar-refractivity contribution in [2.45, 2.75) is 33.0 Å². The second kappa shape index (κ2) is 9.29. The summed E-state index contributed by atoms with van der Waals surface area (Å²) in [6, 6.07) is 0. The zero-order chi connectivity index (χ0) is 11.6. The summed E-state index contributed by atoms with van der Waals surface area (Å²) in [5, 5.41) is 0. The predicted molar refractivity (Wildman–Crippen MR) is 62.3 cm³/mol. The molecule has 0 aliphatic rings. The fourth-order valence-corrected chi connectivity index (χ4v) is 1.15. The van der Waals surface area contributed by atoms with Crippen molar-refractivity contribution < 1.29 is 18.6 Å². The van der Waals surface area contributed by atoms with Gasteiger partial charge in [-0.1, -0.05) is 6.92 Å². The van der Waals surface area contributed by atoms with Crippen LogP contribution < -0.4 is 0 Å². The third-order valence-electron chi connectivity index (χ3n) is 1.46. The SMILES string of the molecule is CCCOCOCCOCO[Si](C)(C)C. The van der Waals surface area contributed by atoms with Crippen LogP contribution in [0.5, 0.6) is 0 Å². The standard InChI is InChI=1S/C10H24O4Si/c1-5-6-11-9-12-7-8-13-10-14-15(2,3)4/h5-10H2,1-4H3. The Morgan fingerprint density at radius 1 is 0.800 bits per heavy atom. The van der Waals surface area contributed by atoms with Crippen molar-refractivity contribution in [3.05, 3.63) is 0 Å². The quantitative estimate of drug-likeness (QED) is 0.331. The van der Waals surface area contributed by atoms with Crippen molar-refractivity contribution in [2.75, 3.05) is 33.4 Å². The molecule has 0 aromatic heterocycles. The molecule has 0 aliphatic heterocycles. The van der Waals surface area contributed by atoms with Gasteiger partial charge in [0.05, 0.1) is 13.2 Å². The highest BCUT2D eigenvalue weighted by atomic mass is 28.4. The minimum absolute atomic E-state index is 0.353. The molecular formula is C10H24O4Si. The largest absolute Gasteiger partial charge is 0.395 e. The van der Waals surface area contributed by atoms with Gasteiger partial charge < -0.3 is 18.6 Å². The summed E-state index contributed by atoms with van der Waals surface area (Å²) in [4.78, 5) is 0. The predicted octanol–water partition coefficient (Wildman–Crippen LogP) is 2.21. The molecule has 0 rings (SSSR count). The topological polar surface area (TPSA) is 36.9 Å². The smallest absolute Gasteiger partial charge is 0.186 e. The molecule has 0 spiro atoms. The van der Waals surface area contributed by atoms with Crippen LogP contribution in [0.25, 0.3) is 0 Å². The van der Waals surface area contributed by atoms with Crippen LogP contribution in [0.15, 0.2) is 0 Å². The average molecular weight is 236 g/mol. The number of hydrogen-bond acceptors (Lipinski definition) is 4. The summed E-state index contributed by atoms with van der Waals surface area (Å²) < 4.78 is 21.1. The van der Waals surface area contributed by atoms with Gasteiger partial charge in [-0.25, -0.2) is 0 Å². The van der Waals surface area contributed by atoms with Crippen LogP contribution >= 0.6 is 0 Å². The molecule has 0 heterocycles. The van der Waals surface area contributed by atoms with Gasteiger partial charge in [0.2, 0.25) is 0 Å². The number of ether oxygens (including phenoxy) is 3. The van der Waals surface area contributed by atoms with Crippen LogP contribution in [0.3, 0.4) is 0 Å². The third-order valence-corrected chi connectivity index (χ3v) is 2.45. The van der Waals surface area contributed by atoms with E-state index in [1.807, 2.05) is 0 Å². The van der Waals surface area contributed by atoms with Crippen LogP contribution in [0.4, 0.5) is 0 Å². The van der Waals surface area contributed by atoms with E-state index in [0.717, 1.165) is 13.0 Å². The Hall–Kier alpha value is 0.0569. The second-order valence-electron chi connectivity index (χ2n) is 4.22. The Labute approximate surface area is 94.0 Å². The Morgan fingerprint density at radius 3 is 1.87 bits per heavy atom. The zero-order valence-corrected chi connectivity index (χ0v) is 11.4. The molecule has 0 amide bonds. The summed E-state index contributed by atoms with van der Waals surface area (Å²) >= 11 is 0. The van der Waals surface area contributed by atoms with Crippen molar-refractivity contribution in [3.63, 3.8) is 0 Å². The molecule has 0 aromatic carbocycles. The van der Waals surface area contributed by atoms with E-state index in [2.05, 4.69) is 26.6 Å². The minimum atomic E-state index is -1.43. The molecule has 0 fully saturated rings. The highest BCUT2D eigenvalue weighted by Gasteiger charge is 2.13. The molecule has 0 bridgehead atoms. The van der Waals surface area contributed by atoms with Gasteiger partial charge in [0.25, 0.3) is 0 Å². The molecule has 0 radical (unpaired) electrons. The molecule has 4 nitrogen and oxygen atoms in total. The van der Waals surface area contributed by atoms with E-state index in [-0.39, 0.29) is 0 Å². The second-order valence-corrected chi connectivity index (χ2v) is 8.73. The lowest BCUT2D eigenvalue weighted by molar-refractivity contribution is -0.0820. The normalized spacial score (nSPS) is 12.0. The first-order valence-electron chi connectivity index (χ1n) is 5.43. The van der Waals surface area contributed by atoms with Crippen molar-refractivity contribution in [1.82, 2.24) is 0 Å². The van der Waals surface area contributed by atoms with Gasteiger partial charge in [0.15, 0.2) is 8.32 Å². The third kappa shape index (κ3) is 14.1. The lowest BCUT2D eigenvalue weighted by Crippen LogP contribution is -2.27. The molecule has 0 unspecified atom stereocenters. The van der Waals surface area contributed by atoms with Gasteiger partial charge in [-0.15, -0.1) is 0 Å². The van der Waals surface area contributed by atoms with E-state index in [1.54, 1.807) is 0 Å². The van der Waals surface area contributed by atoms with Gasteiger partial charge in [-0.3, -0.25) is 0 Å². The molecule has 0 saturated carbocycles. The first-order valence-corrected chi connectivity index (χ1v) is 8.84. The maximum Gasteiger partial charge on any atom is 0.186 e. The number of rotatable bonds is 10. The lowest BCUT2D eigenvalue weighted by Gasteiger charge is -2.16. The summed E-state index contributed by atoms with van der Waals surface area (Å²) in [6.45, 7) is 11.0. The lowest BCUT2D eigenvalue weighted by atomic mass is 10.5. The highest BCUT2D eigenvalue weighted by molar-refractivity contribution is 6.69. The van der Waals surface area contributed by atoms with Crippen LogP contribution in [-0.4, -0.2) is 41.7 Å². The first kappa shape index (κ1) is 15.1. The van der Waals surface area contributed by atoms with Crippen molar-refractivity contribution in [3.8, 4) is 0 Å². The molecule has 5 heteroatoms. The average Bonchev–Trinajstić information content (AvgIpc) is 2.14. The Bertz CT molecular complexity index is 136. The molecule has 15 heavy (non-hydrogen) atoms. The Balaban J connectivity index is 2.99. The molecule has 0 N–H and O–H groups in total. The first-order chi connectivity index (χ1) is 7.06. The highest BCUT2D eigenvalue weighted by Crippen LogP contribution is 2.01. The molecule has 92 valence electrons. The monoisotopic (exact) mass is 236 g/mol. The van der Waals surface area contributed by atoms with Gasteiger partial charge in [0.1, 0.15) is 13.6 Å². The van der Waals surface area contributed by atoms with Crippen LogP contribution in [0.2, 0.25) is 19.6 Å². The van der Waals surface area contributed by atoms with Gasteiger partial charge in [-0.05, 0) is 26.1 Å². The molecular weight excluding hydrogens is 212 g/mol. The molecule has 0 atom stereocenters. The maximum absolute atomic E-state index is 5.50. The van der Waals surface area contributed by atoms with E-state index >= 15 is 0 Å². The van der Waals surface area contributed by atoms with Crippen molar-refractivity contribution >= 4 is 8.32 Å². The van der Waals surface area contributed by atoms with E-state index in [9.17, 15) is 0 Å². The maximum atomic E-state index is 5.50. The van der Waals surface area contributed by atoms with Gasteiger partial charge in [0, 0.05) is 6.61 Å². The van der Waals surface area contributed by atoms with Crippen molar-refractivity contribution in [2.24, 2.45) is 0 Å². The van der Waals surface area contributed by atoms with Gasteiger partial charge >= 0.3 is 0 Å². The summed E-state index contributed by atoms with van der Waals surface area (Å²) in [5.74, 6) is 0. The summed E-state index contributed by atoms with van der Waals surface area (Å²) in [6.07, 6.45) is 1.02. The Morgan fingerprint density at radius 2 is 1.33 bits per heavy atom. The van der Waals surface area contributed by atoms with Crippen LogP contribution in [0, 0.1) is 0 Å². The zero-order valence-electron chi connectivity index (χ0n) is 10.4. The van der Waals surface area contributed by atoms with E-state index in [0.29, 0.717) is 26.8 Å². The molecule has 0 saturated heterocycles. The van der Waals surface area contributed by atoms with Crippen molar-refractivity contribution in [1.29, 1.82) is 0 Å². The Kier molecular flexibility index (Phi) is 9.33.